The predicted molar refractivity (Wildman–Crippen MR) is 80.4 cm³/mol. The summed E-state index contributed by atoms with van der Waals surface area (Å²) in [5.74, 6) is -0.241. The number of ether oxygens (including phenoxy) is 1. The van der Waals surface area contributed by atoms with Crippen LogP contribution >= 0.6 is 0 Å². The molecule has 5 heteroatoms. The van der Waals surface area contributed by atoms with Crippen LogP contribution in [0.3, 0.4) is 0 Å². The largest absolute Gasteiger partial charge is 0.469 e. The van der Waals surface area contributed by atoms with Gasteiger partial charge in [-0.05, 0) is 11.5 Å². The number of rotatable bonds is 8. The number of methoxy groups -OCH3 is 1. The van der Waals surface area contributed by atoms with Gasteiger partial charge in [0.1, 0.15) is 0 Å². The molecule has 1 unspecified atom stereocenters. The first-order valence-electron chi connectivity index (χ1n) is 7.04. The lowest BCUT2D eigenvalue weighted by atomic mass is 9.97. The number of carbonyl (C=O) groups excluding carboxylic acids is 2. The topological polar surface area (TPSA) is 75.6 Å². The van der Waals surface area contributed by atoms with E-state index in [1.54, 1.807) is 12.1 Å². The van der Waals surface area contributed by atoms with Gasteiger partial charge in [-0.25, -0.2) is 0 Å². The number of nitrogens with one attached hydrogen (secondary N) is 1. The first kappa shape index (κ1) is 17.3. The number of carbonyl (C=O) groups is 2. The SMILES string of the molecule is COC(=O)CC(NCCO)C(=O)c1ccc(C(C)C)cc1. The van der Waals surface area contributed by atoms with Crippen LogP contribution < -0.4 is 5.32 Å². The molecule has 5 nitrogen and oxygen atoms in total. The Balaban J connectivity index is 2.85. The number of hydrogen-bond donors (Lipinski definition) is 2. The van der Waals surface area contributed by atoms with Gasteiger partial charge in [-0.3, -0.25) is 9.59 Å². The number of aliphatic hydroxyl groups is 1. The van der Waals surface area contributed by atoms with Crippen LogP contribution in [0.25, 0.3) is 0 Å². The third-order valence-electron chi connectivity index (χ3n) is 3.28. The lowest BCUT2D eigenvalue weighted by Crippen LogP contribution is -2.40. The highest BCUT2D eigenvalue weighted by molar-refractivity contribution is 6.01. The summed E-state index contributed by atoms with van der Waals surface area (Å²) in [6, 6.07) is 6.68. The fourth-order valence-electron chi connectivity index (χ4n) is 1.98. The second kappa shape index (κ2) is 8.54. The summed E-state index contributed by atoms with van der Waals surface area (Å²) in [6.45, 7) is 4.31. The molecule has 0 aliphatic heterocycles. The van der Waals surface area contributed by atoms with Crippen LogP contribution in [0.5, 0.6) is 0 Å². The van der Waals surface area contributed by atoms with E-state index in [2.05, 4.69) is 23.9 Å². The first-order chi connectivity index (χ1) is 9.99. The molecule has 0 saturated carbocycles. The average molecular weight is 293 g/mol. The molecule has 0 heterocycles. The van der Waals surface area contributed by atoms with Crippen molar-refractivity contribution < 1.29 is 19.4 Å². The molecule has 21 heavy (non-hydrogen) atoms. The molecule has 0 fully saturated rings. The predicted octanol–water partition coefficient (Wildman–Crippen LogP) is 1.51. The maximum Gasteiger partial charge on any atom is 0.307 e. The van der Waals surface area contributed by atoms with Crippen molar-refractivity contribution in [3.63, 3.8) is 0 Å². The van der Waals surface area contributed by atoms with Crippen LogP contribution in [-0.2, 0) is 9.53 Å². The molecule has 0 aromatic heterocycles. The van der Waals surface area contributed by atoms with Gasteiger partial charge in [0.05, 0.1) is 26.2 Å². The fourth-order valence-corrected chi connectivity index (χ4v) is 1.98. The highest BCUT2D eigenvalue weighted by Crippen LogP contribution is 2.16. The molecule has 0 aliphatic carbocycles. The van der Waals surface area contributed by atoms with Crippen molar-refractivity contribution in [2.45, 2.75) is 32.2 Å². The van der Waals surface area contributed by atoms with E-state index >= 15 is 0 Å². The minimum Gasteiger partial charge on any atom is -0.469 e. The van der Waals surface area contributed by atoms with E-state index in [0.29, 0.717) is 11.5 Å². The molecule has 0 radical (unpaired) electrons. The summed E-state index contributed by atoms with van der Waals surface area (Å²) >= 11 is 0. The third-order valence-corrected chi connectivity index (χ3v) is 3.28. The average Bonchev–Trinajstić information content (AvgIpc) is 2.50. The molecule has 116 valence electrons. The van der Waals surface area contributed by atoms with Crippen molar-refractivity contribution in [2.75, 3.05) is 20.3 Å². The van der Waals surface area contributed by atoms with Gasteiger partial charge in [-0.15, -0.1) is 0 Å². The van der Waals surface area contributed by atoms with Crippen molar-refractivity contribution in [2.24, 2.45) is 0 Å². The quantitative estimate of drug-likeness (QED) is 0.561. The lowest BCUT2D eigenvalue weighted by Gasteiger charge is -2.16. The van der Waals surface area contributed by atoms with Gasteiger partial charge >= 0.3 is 5.97 Å². The second-order valence-corrected chi connectivity index (χ2v) is 5.15. The Bertz CT molecular complexity index is 468. The summed E-state index contributed by atoms with van der Waals surface area (Å²) in [4.78, 5) is 23.8. The molecule has 1 rings (SSSR count). The Labute approximate surface area is 125 Å². The van der Waals surface area contributed by atoms with Crippen LogP contribution in [0.2, 0.25) is 0 Å². The van der Waals surface area contributed by atoms with Crippen LogP contribution in [0.1, 0.15) is 42.1 Å². The monoisotopic (exact) mass is 293 g/mol. The third kappa shape index (κ3) is 5.28. The lowest BCUT2D eigenvalue weighted by molar-refractivity contribution is -0.141. The molecular weight excluding hydrogens is 270 g/mol. The maximum absolute atomic E-state index is 12.4. The van der Waals surface area contributed by atoms with E-state index in [9.17, 15) is 9.59 Å². The Morgan fingerprint density at radius 3 is 2.33 bits per heavy atom. The fraction of sp³-hybridized carbons (Fsp3) is 0.500. The standard InChI is InChI=1S/C16H23NO4/c1-11(2)12-4-6-13(7-5-12)16(20)14(17-8-9-18)10-15(19)21-3/h4-7,11,14,17-18H,8-10H2,1-3H3. The molecule has 0 saturated heterocycles. The van der Waals surface area contributed by atoms with Crippen LogP contribution in [0, 0.1) is 0 Å². The minimum atomic E-state index is -0.686. The maximum atomic E-state index is 12.4. The number of Topliss-reactive ketones (excluding diaryl/α,β-unsaturated/α-hetero) is 1. The number of aliphatic hydroxyl groups excluding tert-OH is 1. The van der Waals surface area contributed by atoms with Crippen LogP contribution in [0.4, 0.5) is 0 Å². The van der Waals surface area contributed by atoms with Crippen molar-refractivity contribution in [1.29, 1.82) is 0 Å². The van der Waals surface area contributed by atoms with Gasteiger partial charge in [0.2, 0.25) is 0 Å². The molecule has 0 aliphatic rings. The van der Waals surface area contributed by atoms with E-state index in [1.165, 1.54) is 7.11 Å². The van der Waals surface area contributed by atoms with E-state index in [1.807, 2.05) is 12.1 Å². The van der Waals surface area contributed by atoms with Crippen molar-refractivity contribution in [1.82, 2.24) is 5.32 Å². The van der Waals surface area contributed by atoms with Crippen LogP contribution in [-0.4, -0.2) is 43.2 Å². The van der Waals surface area contributed by atoms with E-state index < -0.39 is 12.0 Å². The van der Waals surface area contributed by atoms with Crippen molar-refractivity contribution in [3.8, 4) is 0 Å². The highest BCUT2D eigenvalue weighted by Gasteiger charge is 2.23. The van der Waals surface area contributed by atoms with Crippen molar-refractivity contribution in [3.05, 3.63) is 35.4 Å². The molecule has 1 aromatic carbocycles. The number of esters is 1. The molecule has 1 atom stereocenters. The molecule has 1 aromatic rings. The second-order valence-electron chi connectivity index (χ2n) is 5.15. The normalized spacial score (nSPS) is 12.2. The summed E-state index contributed by atoms with van der Waals surface area (Å²) < 4.78 is 4.60. The van der Waals surface area contributed by atoms with E-state index in [4.69, 9.17) is 5.11 Å². The van der Waals surface area contributed by atoms with Gasteiger partial charge in [0.25, 0.3) is 0 Å². The van der Waals surface area contributed by atoms with Gasteiger partial charge in [-0.1, -0.05) is 38.1 Å². The Kier molecular flexibility index (Phi) is 7.05. The summed E-state index contributed by atoms with van der Waals surface area (Å²) in [7, 11) is 1.29. The molecule has 0 bridgehead atoms. The summed E-state index contributed by atoms with van der Waals surface area (Å²) in [5, 5.41) is 11.7. The molecular formula is C16H23NO4. The van der Waals surface area contributed by atoms with Gasteiger partial charge in [0.15, 0.2) is 5.78 Å². The van der Waals surface area contributed by atoms with Crippen LogP contribution in [0.15, 0.2) is 24.3 Å². The smallest absolute Gasteiger partial charge is 0.307 e. The van der Waals surface area contributed by atoms with E-state index in [-0.39, 0.29) is 25.4 Å². The number of ketones is 1. The minimum absolute atomic E-state index is 0.0543. The van der Waals surface area contributed by atoms with Gasteiger partial charge < -0.3 is 15.2 Å². The van der Waals surface area contributed by atoms with Gasteiger partial charge in [0, 0.05) is 12.1 Å². The molecule has 0 amide bonds. The first-order valence-corrected chi connectivity index (χ1v) is 7.04. The molecule has 0 spiro atoms. The summed E-state index contributed by atoms with van der Waals surface area (Å²) in [5.41, 5.74) is 1.69. The molecule has 2 N–H and O–H groups in total. The van der Waals surface area contributed by atoms with Gasteiger partial charge in [-0.2, -0.15) is 0 Å². The number of benzene rings is 1. The Morgan fingerprint density at radius 1 is 1.24 bits per heavy atom. The Hall–Kier alpha value is -1.72. The van der Waals surface area contributed by atoms with Crippen molar-refractivity contribution >= 4 is 11.8 Å². The zero-order chi connectivity index (χ0) is 15.8. The Morgan fingerprint density at radius 2 is 1.86 bits per heavy atom. The number of hydrogen-bond acceptors (Lipinski definition) is 5. The zero-order valence-corrected chi connectivity index (χ0v) is 12.8. The van der Waals surface area contributed by atoms with E-state index in [0.717, 1.165) is 5.56 Å². The highest BCUT2D eigenvalue weighted by atomic mass is 16.5. The zero-order valence-electron chi connectivity index (χ0n) is 12.8. The summed E-state index contributed by atoms with van der Waals surface area (Å²) in [6.07, 6.45) is -0.0543.